The zero-order valence-corrected chi connectivity index (χ0v) is 13.6. The van der Waals surface area contributed by atoms with Crippen molar-refractivity contribution < 1.29 is 9.47 Å². The monoisotopic (exact) mass is 335 g/mol. The molecule has 0 aliphatic carbocycles. The van der Waals surface area contributed by atoms with Crippen LogP contribution in [0.1, 0.15) is 25.6 Å². The average Bonchev–Trinajstić information content (AvgIpc) is 2.74. The summed E-state index contributed by atoms with van der Waals surface area (Å²) < 4.78 is 12.5. The van der Waals surface area contributed by atoms with Gasteiger partial charge in [0.15, 0.2) is 6.29 Å². The van der Waals surface area contributed by atoms with E-state index >= 15 is 0 Å². The van der Waals surface area contributed by atoms with Gasteiger partial charge in [0.05, 0.1) is 9.83 Å². The van der Waals surface area contributed by atoms with Crippen molar-refractivity contribution in [3.63, 3.8) is 0 Å². The fourth-order valence-corrected chi connectivity index (χ4v) is 3.36. The van der Waals surface area contributed by atoms with E-state index in [2.05, 4.69) is 40.3 Å². The molecule has 0 amide bonds. The molecule has 0 fully saturated rings. The third-order valence-corrected chi connectivity index (χ3v) is 4.15. The van der Waals surface area contributed by atoms with E-state index in [1.165, 1.54) is 4.88 Å². The van der Waals surface area contributed by atoms with Crippen LogP contribution in [0.3, 0.4) is 0 Å². The molecule has 0 spiro atoms. The Morgan fingerprint density at radius 2 is 1.89 bits per heavy atom. The highest BCUT2D eigenvalue weighted by molar-refractivity contribution is 9.11. The molecule has 1 atom stereocenters. The normalized spacial score (nSPS) is 13.2. The number of hydrogen-bond donors (Lipinski definition) is 1. The van der Waals surface area contributed by atoms with E-state index in [4.69, 9.17) is 9.47 Å². The lowest BCUT2D eigenvalue weighted by atomic mass is 10.1. The Morgan fingerprint density at radius 1 is 1.22 bits per heavy atom. The van der Waals surface area contributed by atoms with Crippen molar-refractivity contribution in [1.82, 2.24) is 5.32 Å². The number of hydrogen-bond acceptors (Lipinski definition) is 4. The molecule has 0 aromatic carbocycles. The molecular formula is C13H22BrNO2S. The standard InChI is InChI=1S/C13H22BrNO2S/c1-4-15-11(13(16-5-2)17-6-3)9-10-7-8-12(14)18-10/h7-8,11,13,15H,4-6,9H2,1-3H3. The minimum absolute atomic E-state index is 0.180. The average molecular weight is 336 g/mol. The first kappa shape index (κ1) is 16.1. The SMILES string of the molecule is CCNC(Cc1ccc(Br)s1)C(OCC)OCC. The molecule has 1 rings (SSSR count). The maximum absolute atomic E-state index is 5.68. The summed E-state index contributed by atoms with van der Waals surface area (Å²) in [7, 11) is 0. The van der Waals surface area contributed by atoms with Gasteiger partial charge >= 0.3 is 0 Å². The Balaban J connectivity index is 2.66. The lowest BCUT2D eigenvalue weighted by Crippen LogP contribution is -2.44. The second kappa shape index (κ2) is 9.04. The first-order valence-corrected chi connectivity index (χ1v) is 8.02. The summed E-state index contributed by atoms with van der Waals surface area (Å²) in [5.41, 5.74) is 0. The Labute approximate surface area is 122 Å². The van der Waals surface area contributed by atoms with Gasteiger partial charge in [0.25, 0.3) is 0 Å². The molecular weight excluding hydrogens is 314 g/mol. The molecule has 1 aromatic rings. The zero-order valence-electron chi connectivity index (χ0n) is 11.2. The summed E-state index contributed by atoms with van der Waals surface area (Å²) in [6.07, 6.45) is 0.746. The summed E-state index contributed by atoms with van der Waals surface area (Å²) in [4.78, 5) is 1.33. The molecule has 1 N–H and O–H groups in total. The van der Waals surface area contributed by atoms with Crippen molar-refractivity contribution in [1.29, 1.82) is 0 Å². The summed E-state index contributed by atoms with van der Waals surface area (Å²) in [5.74, 6) is 0. The molecule has 0 saturated heterocycles. The van der Waals surface area contributed by atoms with E-state index in [1.54, 1.807) is 11.3 Å². The predicted molar refractivity (Wildman–Crippen MR) is 80.2 cm³/mol. The van der Waals surface area contributed by atoms with Gasteiger partial charge in [-0.2, -0.15) is 0 Å². The largest absolute Gasteiger partial charge is 0.351 e. The van der Waals surface area contributed by atoms with Crippen molar-refractivity contribution >= 4 is 27.3 Å². The van der Waals surface area contributed by atoms with E-state index in [0.29, 0.717) is 13.2 Å². The minimum Gasteiger partial charge on any atom is -0.351 e. The topological polar surface area (TPSA) is 30.5 Å². The Bertz CT molecular complexity index is 327. The third kappa shape index (κ3) is 5.36. The Kier molecular flexibility index (Phi) is 8.10. The molecule has 1 aromatic heterocycles. The summed E-state index contributed by atoms with van der Waals surface area (Å²) in [6, 6.07) is 4.42. The van der Waals surface area contributed by atoms with E-state index in [9.17, 15) is 0 Å². The molecule has 5 heteroatoms. The second-order valence-electron chi connectivity index (χ2n) is 3.85. The van der Waals surface area contributed by atoms with Crippen LogP contribution in [0.5, 0.6) is 0 Å². The van der Waals surface area contributed by atoms with Gasteiger partial charge in [-0.05, 0) is 48.5 Å². The number of ether oxygens (including phenoxy) is 2. The molecule has 0 aliphatic rings. The Morgan fingerprint density at radius 3 is 2.33 bits per heavy atom. The molecule has 0 radical (unpaired) electrons. The van der Waals surface area contributed by atoms with E-state index in [0.717, 1.165) is 16.8 Å². The van der Waals surface area contributed by atoms with Crippen LogP contribution in [0.4, 0.5) is 0 Å². The maximum Gasteiger partial charge on any atom is 0.173 e. The molecule has 104 valence electrons. The molecule has 1 heterocycles. The van der Waals surface area contributed by atoms with Gasteiger partial charge in [0.1, 0.15) is 0 Å². The van der Waals surface area contributed by atoms with Crippen LogP contribution in [-0.2, 0) is 15.9 Å². The van der Waals surface area contributed by atoms with E-state index < -0.39 is 0 Å². The van der Waals surface area contributed by atoms with Crippen molar-refractivity contribution in [2.45, 2.75) is 39.5 Å². The quantitative estimate of drug-likeness (QED) is 0.701. The summed E-state index contributed by atoms with van der Waals surface area (Å²) in [5, 5.41) is 3.45. The maximum atomic E-state index is 5.68. The van der Waals surface area contributed by atoms with Crippen LogP contribution >= 0.6 is 27.3 Å². The van der Waals surface area contributed by atoms with Crippen LogP contribution in [0.2, 0.25) is 0 Å². The van der Waals surface area contributed by atoms with Crippen molar-refractivity contribution in [2.75, 3.05) is 19.8 Å². The molecule has 1 unspecified atom stereocenters. The highest BCUT2D eigenvalue weighted by atomic mass is 79.9. The molecule has 0 saturated carbocycles. The highest BCUT2D eigenvalue weighted by Gasteiger charge is 2.22. The zero-order chi connectivity index (χ0) is 13.4. The van der Waals surface area contributed by atoms with Gasteiger partial charge in [0.2, 0.25) is 0 Å². The molecule has 0 bridgehead atoms. The fraction of sp³-hybridized carbons (Fsp3) is 0.692. The van der Waals surface area contributed by atoms with Gasteiger partial charge in [0, 0.05) is 24.5 Å². The summed E-state index contributed by atoms with van der Waals surface area (Å²) >= 11 is 5.26. The van der Waals surface area contributed by atoms with Crippen LogP contribution < -0.4 is 5.32 Å². The highest BCUT2D eigenvalue weighted by Crippen LogP contribution is 2.24. The predicted octanol–water partition coefficient (Wildman–Crippen LogP) is 3.43. The molecule has 3 nitrogen and oxygen atoms in total. The number of thiophene rings is 1. The molecule has 0 aliphatic heterocycles. The fourth-order valence-electron chi connectivity index (χ4n) is 1.81. The second-order valence-corrected chi connectivity index (χ2v) is 6.40. The van der Waals surface area contributed by atoms with Crippen LogP contribution in [0.15, 0.2) is 15.9 Å². The van der Waals surface area contributed by atoms with Crippen LogP contribution in [0, 0.1) is 0 Å². The van der Waals surface area contributed by atoms with Crippen LogP contribution in [-0.4, -0.2) is 32.1 Å². The van der Waals surface area contributed by atoms with Crippen molar-refractivity contribution in [3.05, 3.63) is 20.8 Å². The van der Waals surface area contributed by atoms with Gasteiger partial charge in [-0.15, -0.1) is 11.3 Å². The lowest BCUT2D eigenvalue weighted by Gasteiger charge is -2.27. The van der Waals surface area contributed by atoms with Crippen LogP contribution in [0.25, 0.3) is 0 Å². The first-order valence-electron chi connectivity index (χ1n) is 6.42. The van der Waals surface area contributed by atoms with E-state index in [-0.39, 0.29) is 12.3 Å². The molecule has 18 heavy (non-hydrogen) atoms. The van der Waals surface area contributed by atoms with Gasteiger partial charge in [-0.25, -0.2) is 0 Å². The van der Waals surface area contributed by atoms with Crippen molar-refractivity contribution in [2.24, 2.45) is 0 Å². The minimum atomic E-state index is -0.180. The van der Waals surface area contributed by atoms with E-state index in [1.807, 2.05) is 13.8 Å². The number of nitrogens with one attached hydrogen (secondary N) is 1. The number of rotatable bonds is 9. The Hall–Kier alpha value is 0.0600. The first-order chi connectivity index (χ1) is 8.71. The number of halogens is 1. The van der Waals surface area contributed by atoms with Crippen molar-refractivity contribution in [3.8, 4) is 0 Å². The smallest absolute Gasteiger partial charge is 0.173 e. The van der Waals surface area contributed by atoms with Gasteiger partial charge < -0.3 is 14.8 Å². The third-order valence-electron chi connectivity index (χ3n) is 2.51. The lowest BCUT2D eigenvalue weighted by molar-refractivity contribution is -0.153. The summed E-state index contributed by atoms with van der Waals surface area (Å²) in [6.45, 7) is 8.34. The van der Waals surface area contributed by atoms with Gasteiger partial charge in [-0.1, -0.05) is 6.92 Å². The number of likely N-dealkylation sites (N-methyl/N-ethyl adjacent to an activating group) is 1. The van der Waals surface area contributed by atoms with Gasteiger partial charge in [-0.3, -0.25) is 0 Å².